The molecule has 0 aliphatic heterocycles. The van der Waals surface area contributed by atoms with Crippen LogP contribution in [0.5, 0.6) is 0 Å². The summed E-state index contributed by atoms with van der Waals surface area (Å²) in [7, 11) is 0. The highest BCUT2D eigenvalue weighted by Crippen LogP contribution is 2.32. The Balaban J connectivity index is 1.97. The van der Waals surface area contributed by atoms with Crippen molar-refractivity contribution in [3.8, 4) is 0 Å². The van der Waals surface area contributed by atoms with Gasteiger partial charge in [0, 0.05) is 16.5 Å². The molecule has 0 saturated carbocycles. The number of fused-ring (bicyclic) bond motifs is 1. The van der Waals surface area contributed by atoms with E-state index in [1.807, 2.05) is 18.2 Å². The zero-order valence-corrected chi connectivity index (χ0v) is 11.4. The Labute approximate surface area is 118 Å². The van der Waals surface area contributed by atoms with Crippen molar-refractivity contribution in [1.82, 2.24) is 19.9 Å². The summed E-state index contributed by atoms with van der Waals surface area (Å²) in [5.41, 5.74) is 8.00. The fraction of sp³-hybridized carbons (Fsp3) is 0.0833. The summed E-state index contributed by atoms with van der Waals surface area (Å²) < 4.78 is 0. The molecule has 2 aromatic heterocycles. The van der Waals surface area contributed by atoms with Gasteiger partial charge in [0.25, 0.3) is 0 Å². The highest BCUT2D eigenvalue weighted by molar-refractivity contribution is 7.99. The first kappa shape index (κ1) is 12.4. The molecule has 3 rings (SSSR count). The molecular weight excluding hydrogens is 282 g/mol. The highest BCUT2D eigenvalue weighted by Gasteiger charge is 2.08. The largest absolute Gasteiger partial charge is 0.341 e. The highest BCUT2D eigenvalue weighted by atomic mass is 35.5. The van der Waals surface area contributed by atoms with Gasteiger partial charge in [-0.3, -0.25) is 0 Å². The Bertz CT molecular complexity index is 727. The van der Waals surface area contributed by atoms with E-state index in [-0.39, 0.29) is 0 Å². The van der Waals surface area contributed by atoms with Crippen molar-refractivity contribution in [2.24, 2.45) is 5.73 Å². The van der Waals surface area contributed by atoms with Gasteiger partial charge in [-0.25, -0.2) is 15.0 Å². The van der Waals surface area contributed by atoms with Gasteiger partial charge in [0.1, 0.15) is 16.9 Å². The van der Waals surface area contributed by atoms with Gasteiger partial charge in [0.2, 0.25) is 0 Å². The van der Waals surface area contributed by atoms with E-state index in [2.05, 4.69) is 19.9 Å². The van der Waals surface area contributed by atoms with Crippen molar-refractivity contribution in [1.29, 1.82) is 0 Å². The second kappa shape index (κ2) is 5.16. The maximum atomic E-state index is 6.15. The quantitative estimate of drug-likeness (QED) is 0.725. The molecule has 0 radical (unpaired) electrons. The van der Waals surface area contributed by atoms with Crippen LogP contribution in [0.4, 0.5) is 0 Å². The Morgan fingerprint density at radius 2 is 2.16 bits per heavy atom. The van der Waals surface area contributed by atoms with E-state index in [0.717, 1.165) is 21.0 Å². The molecule has 5 nitrogen and oxygen atoms in total. The third-order valence-electron chi connectivity index (χ3n) is 2.65. The normalized spacial score (nSPS) is 11.1. The summed E-state index contributed by atoms with van der Waals surface area (Å²) in [6.07, 6.45) is 3.11. The number of hydrogen-bond acceptors (Lipinski definition) is 5. The molecule has 2 heterocycles. The van der Waals surface area contributed by atoms with Gasteiger partial charge in [-0.15, -0.1) is 0 Å². The smallest absolute Gasteiger partial charge is 0.181 e. The topological polar surface area (TPSA) is 80.5 Å². The number of aromatic nitrogens is 4. The van der Waals surface area contributed by atoms with Gasteiger partial charge in [-0.2, -0.15) is 0 Å². The molecule has 0 aliphatic carbocycles. The summed E-state index contributed by atoms with van der Waals surface area (Å²) >= 11 is 7.65. The molecule has 3 N–H and O–H groups in total. The van der Waals surface area contributed by atoms with E-state index in [4.69, 9.17) is 17.3 Å². The predicted octanol–water partition coefficient (Wildman–Crippen LogP) is 2.62. The van der Waals surface area contributed by atoms with Crippen LogP contribution in [0.1, 0.15) is 5.56 Å². The molecule has 0 fully saturated rings. The number of H-pyrrole nitrogens is 1. The first-order valence-electron chi connectivity index (χ1n) is 5.58. The summed E-state index contributed by atoms with van der Waals surface area (Å²) in [6, 6.07) is 5.79. The summed E-state index contributed by atoms with van der Waals surface area (Å²) in [5.74, 6) is 0. The van der Waals surface area contributed by atoms with Crippen molar-refractivity contribution in [3.05, 3.63) is 41.4 Å². The first-order valence-corrected chi connectivity index (χ1v) is 6.78. The van der Waals surface area contributed by atoms with Crippen LogP contribution in [0.3, 0.4) is 0 Å². The Kier molecular flexibility index (Phi) is 3.37. The average molecular weight is 292 g/mol. The van der Waals surface area contributed by atoms with Crippen LogP contribution >= 0.6 is 23.4 Å². The molecule has 0 unspecified atom stereocenters. The van der Waals surface area contributed by atoms with E-state index < -0.39 is 0 Å². The lowest BCUT2D eigenvalue weighted by molar-refractivity contribution is 1.06. The number of nitrogens with two attached hydrogens (primary N) is 1. The van der Waals surface area contributed by atoms with Crippen LogP contribution in [-0.4, -0.2) is 19.9 Å². The van der Waals surface area contributed by atoms with E-state index in [1.54, 1.807) is 6.33 Å². The van der Waals surface area contributed by atoms with Crippen LogP contribution in [0, 0.1) is 0 Å². The lowest BCUT2D eigenvalue weighted by atomic mass is 10.2. The number of halogens is 1. The zero-order valence-electron chi connectivity index (χ0n) is 9.80. The van der Waals surface area contributed by atoms with E-state index in [0.29, 0.717) is 17.2 Å². The Morgan fingerprint density at radius 3 is 2.95 bits per heavy atom. The van der Waals surface area contributed by atoms with Gasteiger partial charge in [-0.05, 0) is 17.7 Å². The van der Waals surface area contributed by atoms with E-state index >= 15 is 0 Å². The molecule has 0 atom stereocenters. The van der Waals surface area contributed by atoms with E-state index in [1.165, 1.54) is 18.1 Å². The molecular formula is C12H10ClN5S. The third kappa shape index (κ3) is 2.42. The van der Waals surface area contributed by atoms with Crippen LogP contribution in [0.25, 0.3) is 11.2 Å². The SMILES string of the molecule is NCc1ccc(Sc2ncnc3nc[nH]c23)cc1Cl. The molecule has 19 heavy (non-hydrogen) atoms. The minimum Gasteiger partial charge on any atom is -0.341 e. The summed E-state index contributed by atoms with van der Waals surface area (Å²) in [5, 5.41) is 1.49. The number of hydrogen-bond donors (Lipinski definition) is 2. The number of rotatable bonds is 3. The number of nitrogens with one attached hydrogen (secondary N) is 1. The Hall–Kier alpha value is -1.63. The lowest BCUT2D eigenvalue weighted by Gasteiger charge is -2.05. The third-order valence-corrected chi connectivity index (χ3v) is 3.99. The second-order valence-electron chi connectivity index (χ2n) is 3.84. The first-order chi connectivity index (χ1) is 9.28. The van der Waals surface area contributed by atoms with Crippen molar-refractivity contribution in [2.75, 3.05) is 0 Å². The van der Waals surface area contributed by atoms with Crippen LogP contribution in [0.2, 0.25) is 5.02 Å². The van der Waals surface area contributed by atoms with Crippen molar-refractivity contribution in [2.45, 2.75) is 16.5 Å². The maximum absolute atomic E-state index is 6.15. The zero-order chi connectivity index (χ0) is 13.2. The maximum Gasteiger partial charge on any atom is 0.181 e. The summed E-state index contributed by atoms with van der Waals surface area (Å²) in [6.45, 7) is 0.433. The summed E-state index contributed by atoms with van der Waals surface area (Å²) in [4.78, 5) is 16.5. The molecule has 1 aromatic carbocycles. The molecule has 7 heteroatoms. The molecule has 0 spiro atoms. The molecule has 0 bridgehead atoms. The molecule has 3 aromatic rings. The molecule has 0 aliphatic rings. The minimum atomic E-state index is 0.433. The average Bonchev–Trinajstić information content (AvgIpc) is 2.88. The van der Waals surface area contributed by atoms with Gasteiger partial charge in [0.05, 0.1) is 6.33 Å². The van der Waals surface area contributed by atoms with Gasteiger partial charge in [-0.1, -0.05) is 29.4 Å². The van der Waals surface area contributed by atoms with Gasteiger partial charge < -0.3 is 10.7 Å². The number of aromatic amines is 1. The fourth-order valence-corrected chi connectivity index (χ4v) is 2.90. The van der Waals surface area contributed by atoms with Gasteiger partial charge in [0.15, 0.2) is 5.65 Å². The monoisotopic (exact) mass is 291 g/mol. The number of nitrogens with zero attached hydrogens (tertiary/aromatic N) is 3. The number of benzene rings is 1. The predicted molar refractivity (Wildman–Crippen MR) is 75.2 cm³/mol. The van der Waals surface area contributed by atoms with Crippen molar-refractivity contribution >= 4 is 34.5 Å². The Morgan fingerprint density at radius 1 is 1.26 bits per heavy atom. The lowest BCUT2D eigenvalue weighted by Crippen LogP contribution is -1.96. The van der Waals surface area contributed by atoms with Crippen LogP contribution in [-0.2, 0) is 6.54 Å². The van der Waals surface area contributed by atoms with Crippen LogP contribution in [0.15, 0.2) is 40.8 Å². The van der Waals surface area contributed by atoms with Crippen molar-refractivity contribution in [3.63, 3.8) is 0 Å². The van der Waals surface area contributed by atoms with E-state index in [9.17, 15) is 0 Å². The molecule has 0 amide bonds. The minimum absolute atomic E-state index is 0.433. The molecule has 96 valence electrons. The molecule has 0 saturated heterocycles. The standard InChI is InChI=1S/C12H10ClN5S/c13-9-3-8(2-1-7(9)4-14)19-12-10-11(16-5-15-10)17-6-18-12/h1-3,5-6H,4,14H2,(H,15,16,17,18). The fourth-order valence-electron chi connectivity index (χ4n) is 1.69. The van der Waals surface area contributed by atoms with Gasteiger partial charge >= 0.3 is 0 Å². The number of imidazole rings is 1. The van der Waals surface area contributed by atoms with Crippen LogP contribution < -0.4 is 5.73 Å². The second-order valence-corrected chi connectivity index (χ2v) is 5.31. The van der Waals surface area contributed by atoms with Crippen molar-refractivity contribution < 1.29 is 0 Å².